The van der Waals surface area contributed by atoms with E-state index in [9.17, 15) is 6.85 Å². The summed E-state index contributed by atoms with van der Waals surface area (Å²) >= 11 is 0. The molecule has 0 amide bonds. The highest BCUT2D eigenvalue weighted by molar-refractivity contribution is 6.12. The summed E-state index contributed by atoms with van der Waals surface area (Å²) in [6.07, 6.45) is 0. The van der Waals surface area contributed by atoms with E-state index < -0.39 is 48.3 Å². The molecule has 5 nitrogen and oxygen atoms in total. The van der Waals surface area contributed by atoms with Crippen molar-refractivity contribution in [3.8, 4) is 67.9 Å². The first-order valence-corrected chi connectivity index (χ1v) is 16.0. The highest BCUT2D eigenvalue weighted by Gasteiger charge is 2.16. The molecule has 0 N–H and O–H groups in total. The molecule has 7 aromatic carbocycles. The van der Waals surface area contributed by atoms with E-state index in [2.05, 4.69) is 15.0 Å². The minimum Gasteiger partial charge on any atom is -0.228 e. The van der Waals surface area contributed by atoms with Gasteiger partial charge < -0.3 is 0 Å². The Labute approximate surface area is 300 Å². The van der Waals surface area contributed by atoms with E-state index in [1.165, 1.54) is 0 Å². The number of fused-ring (bicyclic) bond motifs is 3. The summed E-state index contributed by atoms with van der Waals surface area (Å²) in [5.74, 6) is 0.716. The number of hydrogen-bond acceptors (Lipinski definition) is 5. The Bertz CT molecular complexity index is 3010. The molecule has 0 bridgehead atoms. The molecule has 9 aromatic rings. The molecule has 0 unspecified atom stereocenters. The maximum absolute atomic E-state index is 9.49. The maximum atomic E-state index is 9.49. The number of rotatable bonds is 6. The molecular formula is C45H29N5. The van der Waals surface area contributed by atoms with Gasteiger partial charge in [0.15, 0.2) is 23.3 Å². The van der Waals surface area contributed by atoms with Crippen LogP contribution < -0.4 is 0 Å². The predicted molar refractivity (Wildman–Crippen MR) is 203 cm³/mol. The van der Waals surface area contributed by atoms with Crippen LogP contribution in [0.1, 0.15) is 11.0 Å². The van der Waals surface area contributed by atoms with Crippen LogP contribution in [-0.2, 0) is 0 Å². The summed E-state index contributed by atoms with van der Waals surface area (Å²) in [5.41, 5.74) is 1.69. The zero-order valence-electron chi connectivity index (χ0n) is 34.4. The zero-order valence-corrected chi connectivity index (χ0v) is 26.4. The SMILES string of the molecule is [2H]c1c([2H])c(-c2nc(-c3ccccc3)nc(-c3ccccc3)n2)c([2H])c(-c2c([2H])c([2H])c(-c3nc(-c4ccccc4)nc4ccc5ccccc5c34)c([2H])c2[2H])c1[2H]. The van der Waals surface area contributed by atoms with E-state index in [1.807, 2.05) is 127 Å². The van der Waals surface area contributed by atoms with Crippen molar-refractivity contribution in [2.24, 2.45) is 0 Å². The zero-order chi connectivity index (χ0) is 40.2. The Hall–Kier alpha value is -6.85. The van der Waals surface area contributed by atoms with Gasteiger partial charge in [0.05, 0.1) is 22.2 Å². The Morgan fingerprint density at radius 1 is 0.360 bits per heavy atom. The fraction of sp³-hybridized carbons (Fsp3) is 0. The molecule has 0 aliphatic carbocycles. The third kappa shape index (κ3) is 5.57. The Balaban J connectivity index is 1.31. The van der Waals surface area contributed by atoms with Crippen molar-refractivity contribution in [2.45, 2.75) is 0 Å². The van der Waals surface area contributed by atoms with Gasteiger partial charge in [-0.15, -0.1) is 0 Å². The molecule has 5 heteroatoms. The topological polar surface area (TPSA) is 64.5 Å². The van der Waals surface area contributed by atoms with Crippen molar-refractivity contribution in [3.63, 3.8) is 0 Å². The molecule has 234 valence electrons. The van der Waals surface area contributed by atoms with Crippen LogP contribution in [0.4, 0.5) is 0 Å². The lowest BCUT2D eigenvalue weighted by Gasteiger charge is -2.13. The molecule has 0 spiro atoms. The fourth-order valence-electron chi connectivity index (χ4n) is 5.86. The second-order valence-corrected chi connectivity index (χ2v) is 11.5. The van der Waals surface area contributed by atoms with E-state index in [1.54, 1.807) is 0 Å². The molecule has 0 aliphatic rings. The second-order valence-electron chi connectivity index (χ2n) is 11.5. The number of benzene rings is 7. The van der Waals surface area contributed by atoms with Gasteiger partial charge in [-0.25, -0.2) is 24.9 Å². The van der Waals surface area contributed by atoms with E-state index in [0.29, 0.717) is 33.4 Å². The predicted octanol–water partition coefficient (Wildman–Crippen LogP) is 11.0. The monoisotopic (exact) mass is 647 g/mol. The summed E-state index contributed by atoms with van der Waals surface area (Å²) in [5, 5.41) is 2.17. The summed E-state index contributed by atoms with van der Waals surface area (Å²) in [6, 6.07) is 34.7. The van der Waals surface area contributed by atoms with Crippen molar-refractivity contribution in [1.29, 1.82) is 0 Å². The third-order valence-electron chi connectivity index (χ3n) is 8.28. The largest absolute Gasteiger partial charge is 0.228 e. The van der Waals surface area contributed by atoms with Gasteiger partial charge in [0.25, 0.3) is 0 Å². The average Bonchev–Trinajstić information content (AvgIpc) is 3.26. The quantitative estimate of drug-likeness (QED) is 0.168. The van der Waals surface area contributed by atoms with Crippen LogP contribution in [0.15, 0.2) is 176 Å². The van der Waals surface area contributed by atoms with Crippen LogP contribution in [0.3, 0.4) is 0 Å². The first-order valence-electron chi connectivity index (χ1n) is 20.0. The van der Waals surface area contributed by atoms with Gasteiger partial charge >= 0.3 is 0 Å². The van der Waals surface area contributed by atoms with Crippen LogP contribution in [0.2, 0.25) is 0 Å². The van der Waals surface area contributed by atoms with Gasteiger partial charge in [-0.3, -0.25) is 0 Å². The van der Waals surface area contributed by atoms with Gasteiger partial charge in [0.1, 0.15) is 0 Å². The summed E-state index contributed by atoms with van der Waals surface area (Å²) in [7, 11) is 0. The minimum atomic E-state index is -0.599. The third-order valence-corrected chi connectivity index (χ3v) is 8.28. The van der Waals surface area contributed by atoms with Crippen LogP contribution in [0.25, 0.3) is 89.6 Å². The van der Waals surface area contributed by atoms with E-state index in [4.69, 9.17) is 14.1 Å². The molecule has 9 rings (SSSR count). The van der Waals surface area contributed by atoms with Crippen LogP contribution in [-0.4, -0.2) is 24.9 Å². The number of aromatic nitrogens is 5. The Kier molecular flexibility index (Phi) is 5.54. The lowest BCUT2D eigenvalue weighted by Crippen LogP contribution is -2.00. The maximum Gasteiger partial charge on any atom is 0.164 e. The molecule has 0 fully saturated rings. The molecule has 0 saturated carbocycles. The number of nitrogens with zero attached hydrogens (tertiary/aromatic N) is 5. The molecule has 0 saturated heterocycles. The van der Waals surface area contributed by atoms with Gasteiger partial charge in [-0.2, -0.15) is 0 Å². The average molecular weight is 648 g/mol. The van der Waals surface area contributed by atoms with Gasteiger partial charge in [0, 0.05) is 33.2 Å². The van der Waals surface area contributed by atoms with Crippen LogP contribution >= 0.6 is 0 Å². The first-order chi connectivity index (χ1) is 28.1. The summed E-state index contributed by atoms with van der Waals surface area (Å²) in [6.45, 7) is 0. The fourth-order valence-corrected chi connectivity index (χ4v) is 5.86. The molecule has 2 aromatic heterocycles. The van der Waals surface area contributed by atoms with E-state index >= 15 is 0 Å². The van der Waals surface area contributed by atoms with Crippen molar-refractivity contribution >= 4 is 21.7 Å². The molecule has 2 heterocycles. The van der Waals surface area contributed by atoms with Crippen molar-refractivity contribution in [1.82, 2.24) is 24.9 Å². The molecule has 50 heavy (non-hydrogen) atoms. The van der Waals surface area contributed by atoms with Crippen molar-refractivity contribution in [2.75, 3.05) is 0 Å². The Morgan fingerprint density at radius 2 is 0.860 bits per heavy atom. The molecule has 0 atom stereocenters. The highest BCUT2D eigenvalue weighted by atomic mass is 15.0. The normalized spacial score (nSPS) is 13.4. The van der Waals surface area contributed by atoms with E-state index in [0.717, 1.165) is 10.8 Å². The number of hydrogen-bond donors (Lipinski definition) is 0. The molecule has 0 aliphatic heterocycles. The molecular weight excluding hydrogens is 611 g/mol. The van der Waals surface area contributed by atoms with E-state index in [-0.39, 0.29) is 45.4 Å². The summed E-state index contributed by atoms with van der Waals surface area (Å²) in [4.78, 5) is 23.8. The first kappa shape index (κ1) is 21.9. The van der Waals surface area contributed by atoms with Crippen LogP contribution in [0, 0.1) is 0 Å². The molecule has 0 radical (unpaired) electrons. The van der Waals surface area contributed by atoms with Crippen molar-refractivity contribution in [3.05, 3.63) is 176 Å². The summed E-state index contributed by atoms with van der Waals surface area (Å²) < 4.78 is 74.0. The second kappa shape index (κ2) is 12.6. The smallest absolute Gasteiger partial charge is 0.164 e. The standard InChI is InChI=1S/C45H29N5/c1-4-14-33(15-5-1)42-46-39-28-27-31-13-10-11-22-38(31)40(39)41(47-42)32-25-23-30(24-26-32)36-20-12-21-37(29-36)45-49-43(34-16-6-2-7-17-34)48-44(50-45)35-18-8-3-9-19-35/h1-29H/i12D,20D,21D,23D,24D,25D,26D,29D. The van der Waals surface area contributed by atoms with Gasteiger partial charge in [-0.1, -0.05) is 164 Å². The lowest BCUT2D eigenvalue weighted by atomic mass is 9.97. The van der Waals surface area contributed by atoms with Gasteiger partial charge in [-0.05, 0) is 34.0 Å². The highest BCUT2D eigenvalue weighted by Crippen LogP contribution is 2.36. The van der Waals surface area contributed by atoms with Crippen LogP contribution in [0.5, 0.6) is 0 Å². The van der Waals surface area contributed by atoms with Crippen molar-refractivity contribution < 1.29 is 11.0 Å². The van der Waals surface area contributed by atoms with Gasteiger partial charge in [0.2, 0.25) is 0 Å². The lowest BCUT2D eigenvalue weighted by molar-refractivity contribution is 1.07. The minimum absolute atomic E-state index is 0.0846. The Morgan fingerprint density at radius 3 is 1.48 bits per heavy atom.